The first-order chi connectivity index (χ1) is 10.7. The molecule has 0 atom stereocenters. The molecule has 1 aromatic rings. The van der Waals surface area contributed by atoms with E-state index in [9.17, 15) is 4.79 Å². The van der Waals surface area contributed by atoms with Crippen LogP contribution >= 0.6 is 0 Å². The monoisotopic (exact) mass is 303 g/mol. The number of rotatable bonds is 7. The quantitative estimate of drug-likeness (QED) is 0.840. The van der Waals surface area contributed by atoms with Gasteiger partial charge < -0.3 is 15.1 Å². The fourth-order valence-electron chi connectivity index (χ4n) is 3.12. The lowest BCUT2D eigenvalue weighted by Gasteiger charge is -2.31. The zero-order valence-electron chi connectivity index (χ0n) is 13.9. The zero-order chi connectivity index (χ0) is 15.8. The number of nitrogens with one attached hydrogen (secondary N) is 1. The maximum atomic E-state index is 12.0. The molecule has 1 amide bonds. The van der Waals surface area contributed by atoms with Crippen LogP contribution in [0.5, 0.6) is 0 Å². The van der Waals surface area contributed by atoms with Gasteiger partial charge in [-0.05, 0) is 32.0 Å². The van der Waals surface area contributed by atoms with Crippen LogP contribution in [0.2, 0.25) is 0 Å². The van der Waals surface area contributed by atoms with Crippen LogP contribution in [0.1, 0.15) is 32.1 Å². The molecule has 1 aliphatic rings. The van der Waals surface area contributed by atoms with E-state index in [1.54, 1.807) is 0 Å². The first kappa shape index (κ1) is 16.8. The van der Waals surface area contributed by atoms with Gasteiger partial charge in [0.2, 0.25) is 5.91 Å². The van der Waals surface area contributed by atoms with Gasteiger partial charge in [-0.25, -0.2) is 0 Å². The predicted molar refractivity (Wildman–Crippen MR) is 92.2 cm³/mol. The van der Waals surface area contributed by atoms with Gasteiger partial charge in [0.05, 0.1) is 6.54 Å². The van der Waals surface area contributed by atoms with E-state index in [2.05, 4.69) is 17.3 Å². The number of benzene rings is 1. The molecule has 1 saturated carbocycles. The first-order valence-corrected chi connectivity index (χ1v) is 8.40. The Labute approximate surface area is 134 Å². The van der Waals surface area contributed by atoms with Gasteiger partial charge in [-0.3, -0.25) is 4.79 Å². The standard InChI is InChI=1S/C18H29N3O/c1-20(16-9-5-3-6-10-16)14-13-19-18(22)15-21(2)17-11-7-4-8-12-17/h4,7-8,11-12,16H,3,5-6,9-10,13-15H2,1-2H3,(H,19,22). The van der Waals surface area contributed by atoms with Crippen LogP contribution < -0.4 is 10.2 Å². The van der Waals surface area contributed by atoms with Crippen LogP contribution in [0.15, 0.2) is 30.3 Å². The van der Waals surface area contributed by atoms with Crippen molar-refractivity contribution < 1.29 is 4.79 Å². The van der Waals surface area contributed by atoms with Crippen LogP contribution in [0, 0.1) is 0 Å². The number of hydrogen-bond acceptors (Lipinski definition) is 3. The minimum atomic E-state index is 0.0865. The average molecular weight is 303 g/mol. The first-order valence-electron chi connectivity index (χ1n) is 8.40. The fourth-order valence-corrected chi connectivity index (χ4v) is 3.12. The molecule has 0 unspecified atom stereocenters. The summed E-state index contributed by atoms with van der Waals surface area (Å²) in [4.78, 5) is 16.4. The van der Waals surface area contributed by atoms with Crippen LogP contribution in [0.25, 0.3) is 0 Å². The molecule has 0 aromatic heterocycles. The Kier molecular flexibility index (Phi) is 6.72. The van der Waals surface area contributed by atoms with E-state index in [1.165, 1.54) is 32.1 Å². The molecule has 0 heterocycles. The van der Waals surface area contributed by atoms with Gasteiger partial charge in [-0.2, -0.15) is 0 Å². The Morgan fingerprint density at radius 3 is 2.50 bits per heavy atom. The van der Waals surface area contributed by atoms with Crippen molar-refractivity contribution >= 4 is 11.6 Å². The van der Waals surface area contributed by atoms with E-state index in [1.807, 2.05) is 42.3 Å². The number of hydrogen-bond donors (Lipinski definition) is 1. The minimum Gasteiger partial charge on any atom is -0.365 e. The molecule has 2 rings (SSSR count). The second-order valence-electron chi connectivity index (χ2n) is 6.31. The highest BCUT2D eigenvalue weighted by molar-refractivity contribution is 5.81. The normalized spacial score (nSPS) is 15.8. The van der Waals surface area contributed by atoms with Gasteiger partial charge in [0, 0.05) is 31.9 Å². The van der Waals surface area contributed by atoms with Crippen molar-refractivity contribution in [2.24, 2.45) is 0 Å². The number of amides is 1. The minimum absolute atomic E-state index is 0.0865. The second-order valence-corrected chi connectivity index (χ2v) is 6.31. The third-order valence-electron chi connectivity index (χ3n) is 4.56. The molecule has 1 N–H and O–H groups in total. The number of para-hydroxylation sites is 1. The van der Waals surface area contributed by atoms with Crippen molar-refractivity contribution in [1.29, 1.82) is 0 Å². The molecule has 0 spiro atoms. The molecule has 1 fully saturated rings. The van der Waals surface area contributed by atoms with Crippen LogP contribution in [0.3, 0.4) is 0 Å². The summed E-state index contributed by atoms with van der Waals surface area (Å²) in [5.41, 5.74) is 1.07. The Morgan fingerprint density at radius 2 is 1.82 bits per heavy atom. The summed E-state index contributed by atoms with van der Waals surface area (Å²) in [5.74, 6) is 0.0865. The third-order valence-corrected chi connectivity index (χ3v) is 4.56. The molecule has 22 heavy (non-hydrogen) atoms. The van der Waals surface area contributed by atoms with Crippen LogP contribution in [-0.4, -0.2) is 50.6 Å². The summed E-state index contributed by atoms with van der Waals surface area (Å²) < 4.78 is 0. The summed E-state index contributed by atoms with van der Waals surface area (Å²) in [7, 11) is 4.13. The van der Waals surface area contributed by atoms with E-state index >= 15 is 0 Å². The summed E-state index contributed by atoms with van der Waals surface area (Å²) in [6.45, 7) is 2.07. The lowest BCUT2D eigenvalue weighted by Crippen LogP contribution is -2.42. The summed E-state index contributed by atoms with van der Waals surface area (Å²) in [6, 6.07) is 10.7. The number of carbonyl (C=O) groups excluding carboxylic acids is 1. The Hall–Kier alpha value is -1.55. The lowest BCUT2D eigenvalue weighted by molar-refractivity contribution is -0.119. The highest BCUT2D eigenvalue weighted by atomic mass is 16.2. The molecule has 0 radical (unpaired) electrons. The zero-order valence-corrected chi connectivity index (χ0v) is 13.9. The molecule has 1 aromatic carbocycles. The van der Waals surface area contributed by atoms with Gasteiger partial charge in [-0.15, -0.1) is 0 Å². The topological polar surface area (TPSA) is 35.6 Å². The van der Waals surface area contributed by atoms with Crippen molar-refractivity contribution in [3.05, 3.63) is 30.3 Å². The highest BCUT2D eigenvalue weighted by Crippen LogP contribution is 2.21. The molecule has 122 valence electrons. The maximum Gasteiger partial charge on any atom is 0.239 e. The smallest absolute Gasteiger partial charge is 0.239 e. The number of anilines is 1. The fraction of sp³-hybridized carbons (Fsp3) is 0.611. The molecular weight excluding hydrogens is 274 g/mol. The SMILES string of the molecule is CN(CC(=O)NCCN(C)C1CCCCC1)c1ccccc1. The maximum absolute atomic E-state index is 12.0. The van der Waals surface area contributed by atoms with E-state index in [-0.39, 0.29) is 5.91 Å². The van der Waals surface area contributed by atoms with Crippen LogP contribution in [-0.2, 0) is 4.79 Å². The van der Waals surface area contributed by atoms with E-state index in [0.29, 0.717) is 12.6 Å². The van der Waals surface area contributed by atoms with Crippen molar-refractivity contribution in [3.63, 3.8) is 0 Å². The molecule has 0 bridgehead atoms. The van der Waals surface area contributed by atoms with Crippen molar-refractivity contribution in [2.45, 2.75) is 38.1 Å². The Balaban J connectivity index is 1.65. The molecule has 0 saturated heterocycles. The number of carbonyl (C=O) groups is 1. The number of nitrogens with zero attached hydrogens (tertiary/aromatic N) is 2. The van der Waals surface area contributed by atoms with Crippen molar-refractivity contribution in [3.8, 4) is 0 Å². The summed E-state index contributed by atoms with van der Waals surface area (Å²) >= 11 is 0. The third kappa shape index (κ3) is 5.34. The van der Waals surface area contributed by atoms with E-state index < -0.39 is 0 Å². The Bertz CT molecular complexity index is 443. The molecule has 4 nitrogen and oxygen atoms in total. The van der Waals surface area contributed by atoms with E-state index in [4.69, 9.17) is 0 Å². The van der Waals surface area contributed by atoms with Gasteiger partial charge >= 0.3 is 0 Å². The molecule has 1 aliphatic carbocycles. The van der Waals surface area contributed by atoms with Gasteiger partial charge in [0.15, 0.2) is 0 Å². The molecule has 4 heteroatoms. The molecular formula is C18H29N3O. The van der Waals surface area contributed by atoms with Crippen LogP contribution in [0.4, 0.5) is 5.69 Å². The summed E-state index contributed by atoms with van der Waals surface area (Å²) in [6.07, 6.45) is 6.70. The second kappa shape index (κ2) is 8.79. The van der Waals surface area contributed by atoms with Crippen molar-refractivity contribution in [2.75, 3.05) is 38.6 Å². The lowest BCUT2D eigenvalue weighted by atomic mass is 9.94. The van der Waals surface area contributed by atoms with Gasteiger partial charge in [0.1, 0.15) is 0 Å². The summed E-state index contributed by atoms with van der Waals surface area (Å²) in [5, 5.41) is 3.03. The predicted octanol–water partition coefficient (Wildman–Crippen LogP) is 2.50. The van der Waals surface area contributed by atoms with E-state index in [0.717, 1.165) is 18.8 Å². The number of likely N-dealkylation sites (N-methyl/N-ethyl adjacent to an activating group) is 2. The van der Waals surface area contributed by atoms with Gasteiger partial charge in [0.25, 0.3) is 0 Å². The van der Waals surface area contributed by atoms with Crippen molar-refractivity contribution in [1.82, 2.24) is 10.2 Å². The highest BCUT2D eigenvalue weighted by Gasteiger charge is 2.17. The largest absolute Gasteiger partial charge is 0.365 e. The van der Waals surface area contributed by atoms with Gasteiger partial charge in [-0.1, -0.05) is 37.5 Å². The Morgan fingerprint density at radius 1 is 1.14 bits per heavy atom. The molecule has 0 aliphatic heterocycles. The average Bonchev–Trinajstić information content (AvgIpc) is 2.56.